The summed E-state index contributed by atoms with van der Waals surface area (Å²) in [6.07, 6.45) is 0. The van der Waals surface area contributed by atoms with Crippen LogP contribution in [-0.2, 0) is 4.79 Å². The van der Waals surface area contributed by atoms with Gasteiger partial charge in [0, 0.05) is 21.4 Å². The van der Waals surface area contributed by atoms with E-state index in [-0.39, 0.29) is 18.3 Å². The maximum atomic E-state index is 13.0. The summed E-state index contributed by atoms with van der Waals surface area (Å²) in [4.78, 5) is 24.5. The molecule has 0 spiro atoms. The normalized spacial score (nSPS) is 10.3. The van der Waals surface area contributed by atoms with Crippen molar-refractivity contribution in [1.29, 1.82) is 0 Å². The largest absolute Gasteiger partial charge is 0.482 e. The Morgan fingerprint density at radius 2 is 1.72 bits per heavy atom. The Bertz CT molecular complexity index is 1040. The zero-order valence-corrected chi connectivity index (χ0v) is 17.3. The first kappa shape index (κ1) is 20.8. The molecule has 3 aromatic carbocycles. The van der Waals surface area contributed by atoms with E-state index in [0.29, 0.717) is 27.7 Å². The van der Waals surface area contributed by atoms with E-state index in [0.717, 1.165) is 4.47 Å². The van der Waals surface area contributed by atoms with Gasteiger partial charge in [-0.05, 0) is 60.7 Å². The van der Waals surface area contributed by atoms with Crippen LogP contribution in [0.2, 0.25) is 5.02 Å². The van der Waals surface area contributed by atoms with Gasteiger partial charge in [0.05, 0.1) is 5.02 Å². The highest BCUT2D eigenvalue weighted by atomic mass is 79.9. The second-order valence-corrected chi connectivity index (χ2v) is 7.28. The molecule has 148 valence electrons. The number of benzene rings is 3. The van der Waals surface area contributed by atoms with E-state index in [1.54, 1.807) is 36.4 Å². The van der Waals surface area contributed by atoms with Crippen molar-refractivity contribution in [3.05, 3.63) is 87.6 Å². The molecule has 0 bridgehead atoms. The van der Waals surface area contributed by atoms with Crippen LogP contribution < -0.4 is 15.4 Å². The maximum Gasteiger partial charge on any atom is 0.262 e. The third-order valence-electron chi connectivity index (χ3n) is 3.76. The summed E-state index contributed by atoms with van der Waals surface area (Å²) in [7, 11) is 0. The van der Waals surface area contributed by atoms with Crippen molar-refractivity contribution in [2.45, 2.75) is 0 Å². The molecule has 3 aromatic rings. The Balaban J connectivity index is 1.59. The minimum absolute atomic E-state index is 0.243. The first-order chi connectivity index (χ1) is 13.9. The van der Waals surface area contributed by atoms with Crippen LogP contribution in [-0.4, -0.2) is 18.4 Å². The molecule has 3 rings (SSSR count). The van der Waals surface area contributed by atoms with Crippen molar-refractivity contribution in [3.63, 3.8) is 0 Å². The molecule has 0 fully saturated rings. The molecule has 5 nitrogen and oxygen atoms in total. The summed E-state index contributed by atoms with van der Waals surface area (Å²) in [6, 6.07) is 16.9. The van der Waals surface area contributed by atoms with Gasteiger partial charge in [-0.3, -0.25) is 9.59 Å². The molecule has 29 heavy (non-hydrogen) atoms. The lowest BCUT2D eigenvalue weighted by molar-refractivity contribution is -0.118. The number of carbonyl (C=O) groups is 2. The quantitative estimate of drug-likeness (QED) is 0.492. The maximum absolute atomic E-state index is 13.0. The van der Waals surface area contributed by atoms with E-state index < -0.39 is 5.91 Å². The number of hydrogen-bond acceptors (Lipinski definition) is 3. The predicted molar refractivity (Wildman–Crippen MR) is 114 cm³/mol. The highest BCUT2D eigenvalue weighted by molar-refractivity contribution is 9.10. The number of nitrogens with one attached hydrogen (secondary N) is 2. The lowest BCUT2D eigenvalue weighted by atomic mass is 10.2. The summed E-state index contributed by atoms with van der Waals surface area (Å²) in [6.45, 7) is -0.243. The molecule has 0 atom stereocenters. The van der Waals surface area contributed by atoms with Crippen LogP contribution in [0.1, 0.15) is 10.4 Å². The smallest absolute Gasteiger partial charge is 0.262 e. The van der Waals surface area contributed by atoms with Crippen molar-refractivity contribution in [2.75, 3.05) is 17.2 Å². The first-order valence-corrected chi connectivity index (χ1v) is 9.62. The average Bonchev–Trinajstić information content (AvgIpc) is 2.69. The van der Waals surface area contributed by atoms with Crippen molar-refractivity contribution in [3.8, 4) is 5.75 Å². The Labute approximate surface area is 180 Å². The van der Waals surface area contributed by atoms with Crippen LogP contribution in [0.25, 0.3) is 0 Å². The van der Waals surface area contributed by atoms with E-state index in [9.17, 15) is 14.0 Å². The minimum Gasteiger partial charge on any atom is -0.482 e. The molecule has 8 heteroatoms. The van der Waals surface area contributed by atoms with Crippen molar-refractivity contribution in [2.24, 2.45) is 0 Å². The van der Waals surface area contributed by atoms with Gasteiger partial charge in [-0.15, -0.1) is 0 Å². The summed E-state index contributed by atoms with van der Waals surface area (Å²) in [5.41, 5.74) is 1.24. The molecule has 0 heterocycles. The zero-order chi connectivity index (χ0) is 20.8. The number of rotatable bonds is 6. The van der Waals surface area contributed by atoms with Crippen LogP contribution in [0.4, 0.5) is 15.8 Å². The van der Waals surface area contributed by atoms with Gasteiger partial charge in [-0.25, -0.2) is 4.39 Å². The van der Waals surface area contributed by atoms with Crippen LogP contribution in [0, 0.1) is 5.82 Å². The number of carbonyl (C=O) groups excluding carboxylic acids is 2. The van der Waals surface area contributed by atoms with Gasteiger partial charge < -0.3 is 15.4 Å². The molecule has 0 aliphatic rings. The molecule has 0 aliphatic heterocycles. The molecule has 2 N–H and O–H groups in total. The molecule has 0 aliphatic carbocycles. The molecule has 2 amide bonds. The number of halogens is 3. The Kier molecular flexibility index (Phi) is 6.85. The summed E-state index contributed by atoms with van der Waals surface area (Å²) in [5.74, 6) is -0.789. The monoisotopic (exact) mass is 476 g/mol. The van der Waals surface area contributed by atoms with Gasteiger partial charge in [-0.2, -0.15) is 0 Å². The average molecular weight is 478 g/mol. The second-order valence-electron chi connectivity index (χ2n) is 5.95. The van der Waals surface area contributed by atoms with Gasteiger partial charge >= 0.3 is 0 Å². The van der Waals surface area contributed by atoms with E-state index in [1.807, 2.05) is 0 Å². The molecular formula is C21H15BrClFN2O3. The number of ether oxygens (including phenoxy) is 1. The molecule has 0 saturated heterocycles. The standard InChI is InChI=1S/C21H15BrClFN2O3/c22-14-4-9-19(18(23)11-14)29-12-20(27)25-17-3-1-2-13(10-17)21(28)26-16-7-5-15(24)6-8-16/h1-11H,12H2,(H,25,27)(H,26,28). The fourth-order valence-corrected chi connectivity index (χ4v) is 3.14. The first-order valence-electron chi connectivity index (χ1n) is 8.45. The Morgan fingerprint density at radius 1 is 0.966 bits per heavy atom. The van der Waals surface area contributed by atoms with Crippen LogP contribution >= 0.6 is 27.5 Å². The summed E-state index contributed by atoms with van der Waals surface area (Å²) < 4.78 is 19.2. The van der Waals surface area contributed by atoms with Gasteiger partial charge in [0.15, 0.2) is 6.61 Å². The topological polar surface area (TPSA) is 67.4 Å². The van der Waals surface area contributed by atoms with Crippen molar-refractivity contribution >= 4 is 50.7 Å². The van der Waals surface area contributed by atoms with E-state index in [1.165, 1.54) is 30.3 Å². The van der Waals surface area contributed by atoms with E-state index in [2.05, 4.69) is 26.6 Å². The fraction of sp³-hybridized carbons (Fsp3) is 0.0476. The van der Waals surface area contributed by atoms with Crippen LogP contribution in [0.15, 0.2) is 71.2 Å². The molecule has 0 radical (unpaired) electrons. The SMILES string of the molecule is O=C(COc1ccc(Br)cc1Cl)Nc1cccc(C(=O)Nc2ccc(F)cc2)c1. The highest BCUT2D eigenvalue weighted by Crippen LogP contribution is 2.27. The molecule has 0 saturated carbocycles. The van der Waals surface area contributed by atoms with Crippen molar-refractivity contribution in [1.82, 2.24) is 0 Å². The van der Waals surface area contributed by atoms with Crippen LogP contribution in [0.5, 0.6) is 5.75 Å². The molecule has 0 unspecified atom stereocenters. The summed E-state index contributed by atoms with van der Waals surface area (Å²) >= 11 is 9.35. The lowest BCUT2D eigenvalue weighted by Gasteiger charge is -2.10. The van der Waals surface area contributed by atoms with Gasteiger partial charge in [-0.1, -0.05) is 33.6 Å². The number of hydrogen-bond donors (Lipinski definition) is 2. The van der Waals surface area contributed by atoms with Crippen LogP contribution in [0.3, 0.4) is 0 Å². The van der Waals surface area contributed by atoms with Gasteiger partial charge in [0.1, 0.15) is 11.6 Å². The molecular weight excluding hydrogens is 463 g/mol. The lowest BCUT2D eigenvalue weighted by Crippen LogP contribution is -2.20. The van der Waals surface area contributed by atoms with E-state index in [4.69, 9.17) is 16.3 Å². The third-order valence-corrected chi connectivity index (χ3v) is 4.55. The van der Waals surface area contributed by atoms with Gasteiger partial charge in [0.25, 0.3) is 11.8 Å². The number of anilines is 2. The minimum atomic E-state index is -0.403. The summed E-state index contributed by atoms with van der Waals surface area (Å²) in [5, 5.41) is 5.71. The van der Waals surface area contributed by atoms with E-state index >= 15 is 0 Å². The Morgan fingerprint density at radius 3 is 2.45 bits per heavy atom. The number of amides is 2. The van der Waals surface area contributed by atoms with Gasteiger partial charge in [0.2, 0.25) is 0 Å². The second kappa shape index (κ2) is 9.54. The highest BCUT2D eigenvalue weighted by Gasteiger charge is 2.10. The Hall–Kier alpha value is -2.90. The fourth-order valence-electron chi connectivity index (χ4n) is 2.41. The predicted octanol–water partition coefficient (Wildman–Crippen LogP) is 5.51. The molecule has 0 aromatic heterocycles. The zero-order valence-electron chi connectivity index (χ0n) is 14.9. The third kappa shape index (κ3) is 6.04. The van der Waals surface area contributed by atoms with Crippen molar-refractivity contribution < 1.29 is 18.7 Å².